The fraction of sp³-hybridized carbons (Fsp3) is 0.647. The molecule has 0 radical (unpaired) electrons. The molecule has 2 aromatic rings. The Bertz CT molecular complexity index is 878. The molecule has 0 atom stereocenters. The van der Waals surface area contributed by atoms with Crippen LogP contribution in [0.3, 0.4) is 0 Å². The number of ketones is 1. The average Bonchev–Trinajstić information content (AvgIpc) is 2.94. The molecular weight excluding hydrogens is 308 g/mol. The summed E-state index contributed by atoms with van der Waals surface area (Å²) in [6.07, 6.45) is 4.23. The summed E-state index contributed by atoms with van der Waals surface area (Å²) in [4.78, 5) is 41.2. The Balaban J connectivity index is 2.05. The number of carbonyl (C=O) groups excluding carboxylic acids is 1. The van der Waals surface area contributed by atoms with Crippen molar-refractivity contribution in [3.63, 3.8) is 0 Å². The van der Waals surface area contributed by atoms with E-state index in [0.29, 0.717) is 43.0 Å². The Hall–Kier alpha value is -2.18. The molecule has 1 aliphatic carbocycles. The first-order valence-corrected chi connectivity index (χ1v) is 8.54. The molecule has 0 bridgehead atoms. The molecule has 1 saturated carbocycles. The van der Waals surface area contributed by atoms with Gasteiger partial charge in [0.05, 0.1) is 6.33 Å². The number of nitrogens with zero attached hydrogens (tertiary/aromatic N) is 4. The zero-order valence-electron chi connectivity index (χ0n) is 14.5. The summed E-state index contributed by atoms with van der Waals surface area (Å²) >= 11 is 0. The first-order chi connectivity index (χ1) is 11.4. The van der Waals surface area contributed by atoms with E-state index >= 15 is 0 Å². The van der Waals surface area contributed by atoms with Crippen LogP contribution < -0.4 is 11.2 Å². The molecule has 130 valence electrons. The van der Waals surface area contributed by atoms with Crippen molar-refractivity contribution in [3.05, 3.63) is 27.2 Å². The van der Waals surface area contributed by atoms with Crippen molar-refractivity contribution in [2.45, 2.75) is 52.6 Å². The number of hydrogen-bond donors (Lipinski definition) is 0. The fourth-order valence-electron chi connectivity index (χ4n) is 3.46. The van der Waals surface area contributed by atoms with Gasteiger partial charge in [0.1, 0.15) is 5.78 Å². The van der Waals surface area contributed by atoms with E-state index in [2.05, 4.69) is 18.8 Å². The lowest BCUT2D eigenvalue weighted by molar-refractivity contribution is -0.121. The predicted octanol–water partition coefficient (Wildman–Crippen LogP) is 1.31. The van der Waals surface area contributed by atoms with Crippen LogP contribution in [-0.4, -0.2) is 24.5 Å². The van der Waals surface area contributed by atoms with E-state index in [4.69, 9.17) is 0 Å². The van der Waals surface area contributed by atoms with Crippen LogP contribution in [0.2, 0.25) is 0 Å². The third-order valence-electron chi connectivity index (χ3n) is 4.77. The van der Waals surface area contributed by atoms with Crippen molar-refractivity contribution in [2.24, 2.45) is 18.9 Å². The highest BCUT2D eigenvalue weighted by molar-refractivity contribution is 5.79. The van der Waals surface area contributed by atoms with Gasteiger partial charge in [0.15, 0.2) is 11.2 Å². The number of imidazole rings is 1. The third-order valence-corrected chi connectivity index (χ3v) is 4.77. The Kier molecular flexibility index (Phi) is 4.43. The molecule has 0 spiro atoms. The maximum absolute atomic E-state index is 12.9. The molecule has 24 heavy (non-hydrogen) atoms. The van der Waals surface area contributed by atoms with Crippen LogP contribution >= 0.6 is 0 Å². The van der Waals surface area contributed by atoms with Gasteiger partial charge in [-0.2, -0.15) is 0 Å². The molecule has 2 heterocycles. The normalized spacial score (nSPS) is 16.4. The molecular formula is C17H24N4O3. The molecule has 7 nitrogen and oxygen atoms in total. The minimum absolute atomic E-state index is 0.201. The summed E-state index contributed by atoms with van der Waals surface area (Å²) in [5, 5.41) is 0. The van der Waals surface area contributed by atoms with E-state index in [1.807, 2.05) is 4.57 Å². The molecule has 0 aromatic carbocycles. The van der Waals surface area contributed by atoms with E-state index in [1.165, 1.54) is 9.13 Å². The molecule has 0 saturated heterocycles. The smallest absolute Gasteiger partial charge is 0.324 e. The van der Waals surface area contributed by atoms with Crippen LogP contribution in [0.1, 0.15) is 39.5 Å². The van der Waals surface area contributed by atoms with Gasteiger partial charge in [0, 0.05) is 33.0 Å². The van der Waals surface area contributed by atoms with Crippen molar-refractivity contribution in [1.82, 2.24) is 18.7 Å². The molecule has 1 fully saturated rings. The molecule has 2 aromatic heterocycles. The fourth-order valence-corrected chi connectivity index (χ4v) is 3.46. The molecule has 0 amide bonds. The van der Waals surface area contributed by atoms with E-state index in [-0.39, 0.29) is 23.0 Å². The van der Waals surface area contributed by atoms with Gasteiger partial charge in [-0.05, 0) is 24.7 Å². The highest BCUT2D eigenvalue weighted by Gasteiger charge is 2.23. The second-order valence-electron chi connectivity index (χ2n) is 7.20. The summed E-state index contributed by atoms with van der Waals surface area (Å²) in [6, 6.07) is 0. The average molecular weight is 332 g/mol. The lowest BCUT2D eigenvalue weighted by Crippen LogP contribution is -2.41. The van der Waals surface area contributed by atoms with Crippen molar-refractivity contribution >= 4 is 16.9 Å². The second kappa shape index (κ2) is 6.37. The van der Waals surface area contributed by atoms with Crippen LogP contribution in [0.4, 0.5) is 0 Å². The number of fused-ring (bicyclic) bond motifs is 1. The van der Waals surface area contributed by atoms with Gasteiger partial charge >= 0.3 is 5.69 Å². The van der Waals surface area contributed by atoms with Crippen LogP contribution in [-0.2, 0) is 24.9 Å². The zero-order valence-corrected chi connectivity index (χ0v) is 14.5. The Morgan fingerprint density at radius 3 is 2.50 bits per heavy atom. The maximum Gasteiger partial charge on any atom is 0.332 e. The van der Waals surface area contributed by atoms with E-state index in [9.17, 15) is 14.4 Å². The molecule has 3 rings (SSSR count). The first kappa shape index (κ1) is 16.7. The zero-order chi connectivity index (χ0) is 17.4. The SMILES string of the molecule is CC(C)Cn1cnc2c1c(=O)n(CC1CCC(=O)CC1)c(=O)n2C. The van der Waals surface area contributed by atoms with Gasteiger partial charge in [-0.1, -0.05) is 13.8 Å². The number of hydrogen-bond acceptors (Lipinski definition) is 4. The van der Waals surface area contributed by atoms with Crippen molar-refractivity contribution in [3.8, 4) is 0 Å². The maximum atomic E-state index is 12.9. The molecule has 0 N–H and O–H groups in total. The molecule has 1 aliphatic rings. The minimum atomic E-state index is -0.334. The number of carbonyl (C=O) groups is 1. The number of aromatic nitrogens is 4. The Morgan fingerprint density at radius 2 is 1.88 bits per heavy atom. The second-order valence-corrected chi connectivity index (χ2v) is 7.20. The van der Waals surface area contributed by atoms with E-state index < -0.39 is 0 Å². The van der Waals surface area contributed by atoms with Crippen LogP contribution in [0, 0.1) is 11.8 Å². The largest absolute Gasteiger partial charge is 0.332 e. The lowest BCUT2D eigenvalue weighted by atomic mass is 9.88. The van der Waals surface area contributed by atoms with Crippen LogP contribution in [0.5, 0.6) is 0 Å². The van der Waals surface area contributed by atoms with Gasteiger partial charge in [-0.3, -0.25) is 18.7 Å². The summed E-state index contributed by atoms with van der Waals surface area (Å²) in [7, 11) is 1.65. The van der Waals surface area contributed by atoms with Gasteiger partial charge in [-0.25, -0.2) is 9.78 Å². The quantitative estimate of drug-likeness (QED) is 0.846. The summed E-state index contributed by atoms with van der Waals surface area (Å²) in [6.45, 7) is 5.21. The Morgan fingerprint density at radius 1 is 1.21 bits per heavy atom. The predicted molar refractivity (Wildman–Crippen MR) is 91.0 cm³/mol. The van der Waals surface area contributed by atoms with Crippen molar-refractivity contribution in [1.29, 1.82) is 0 Å². The number of Topliss-reactive ketones (excluding diaryl/α,β-unsaturated/α-hetero) is 1. The van der Waals surface area contributed by atoms with Gasteiger partial charge in [0.2, 0.25) is 0 Å². The summed E-state index contributed by atoms with van der Waals surface area (Å²) in [5.41, 5.74) is 0.306. The highest BCUT2D eigenvalue weighted by atomic mass is 16.2. The minimum Gasteiger partial charge on any atom is -0.324 e. The highest BCUT2D eigenvalue weighted by Crippen LogP contribution is 2.22. The van der Waals surface area contributed by atoms with Gasteiger partial charge < -0.3 is 4.57 Å². The van der Waals surface area contributed by atoms with Gasteiger partial charge in [-0.15, -0.1) is 0 Å². The molecule has 7 heteroatoms. The van der Waals surface area contributed by atoms with Crippen molar-refractivity contribution < 1.29 is 4.79 Å². The third kappa shape index (κ3) is 2.95. The Labute approximate surface area is 139 Å². The number of rotatable bonds is 4. The van der Waals surface area contributed by atoms with Crippen molar-refractivity contribution in [2.75, 3.05) is 0 Å². The summed E-state index contributed by atoms with van der Waals surface area (Å²) in [5.74, 6) is 0.848. The van der Waals surface area contributed by atoms with Crippen LogP contribution in [0.25, 0.3) is 11.2 Å². The van der Waals surface area contributed by atoms with Gasteiger partial charge in [0.25, 0.3) is 5.56 Å². The number of aryl methyl sites for hydroxylation is 1. The van der Waals surface area contributed by atoms with Crippen LogP contribution in [0.15, 0.2) is 15.9 Å². The summed E-state index contributed by atoms with van der Waals surface area (Å²) < 4.78 is 4.60. The topological polar surface area (TPSA) is 78.9 Å². The molecule has 0 aliphatic heterocycles. The lowest BCUT2D eigenvalue weighted by Gasteiger charge is -2.21. The first-order valence-electron chi connectivity index (χ1n) is 8.54. The van der Waals surface area contributed by atoms with E-state index in [0.717, 1.165) is 12.8 Å². The monoisotopic (exact) mass is 332 g/mol. The standard InChI is InChI=1S/C17H24N4O3/c1-11(2)8-20-10-18-15-14(20)16(23)21(17(24)19(15)3)9-12-4-6-13(22)7-5-12/h10-12H,4-9H2,1-3H3. The van der Waals surface area contributed by atoms with E-state index in [1.54, 1.807) is 13.4 Å². The molecule has 0 unspecified atom stereocenters.